The van der Waals surface area contributed by atoms with E-state index in [4.69, 9.17) is 5.11 Å². The van der Waals surface area contributed by atoms with E-state index in [9.17, 15) is 4.79 Å². The van der Waals surface area contributed by atoms with Crippen molar-refractivity contribution in [2.24, 2.45) is 5.10 Å². The second-order valence-corrected chi connectivity index (χ2v) is 5.79. The molecule has 0 saturated carbocycles. The van der Waals surface area contributed by atoms with Crippen molar-refractivity contribution in [1.29, 1.82) is 0 Å². The first-order valence-corrected chi connectivity index (χ1v) is 7.54. The smallest absolute Gasteiger partial charge is 0.304 e. The van der Waals surface area contributed by atoms with Gasteiger partial charge in [0, 0.05) is 6.42 Å². The molecule has 0 fully saturated rings. The third kappa shape index (κ3) is 2.69. The highest BCUT2D eigenvalue weighted by atomic mass is 32.2. The fraction of sp³-hybridized carbons (Fsp3) is 0.286. The number of aliphatic carboxylic acids is 1. The number of nitrogens with zero attached hydrogens (tertiary/aromatic N) is 4. The number of hydrogen-bond acceptors (Lipinski definition) is 5. The van der Waals surface area contributed by atoms with E-state index in [1.807, 2.05) is 37.3 Å². The molecule has 1 aromatic carbocycles. The first-order valence-electron chi connectivity index (χ1n) is 6.66. The van der Waals surface area contributed by atoms with Crippen LogP contribution in [-0.4, -0.2) is 36.9 Å². The molecular weight excluding hydrogens is 288 g/mol. The first kappa shape index (κ1) is 13.8. The van der Waals surface area contributed by atoms with Crippen molar-refractivity contribution in [3.05, 3.63) is 41.7 Å². The second kappa shape index (κ2) is 5.69. The number of carbonyl (C=O) groups is 1. The molecule has 1 unspecified atom stereocenters. The molecule has 108 valence electrons. The van der Waals surface area contributed by atoms with E-state index in [0.717, 1.165) is 23.5 Å². The van der Waals surface area contributed by atoms with Crippen molar-refractivity contribution in [3.8, 4) is 0 Å². The van der Waals surface area contributed by atoms with Crippen LogP contribution in [0.3, 0.4) is 0 Å². The number of thioether (sulfide) groups is 1. The number of carboxylic acids is 1. The maximum absolute atomic E-state index is 11.1. The molecule has 0 bridgehead atoms. The Labute approximate surface area is 125 Å². The zero-order chi connectivity index (χ0) is 14.8. The molecule has 1 aliphatic rings. The Morgan fingerprint density at radius 1 is 1.33 bits per heavy atom. The summed E-state index contributed by atoms with van der Waals surface area (Å²) < 4.78 is 1.71. The van der Waals surface area contributed by atoms with Crippen LogP contribution in [-0.2, 0) is 11.2 Å². The Bertz CT molecular complexity index is 696. The Hall–Kier alpha value is -2.15. The van der Waals surface area contributed by atoms with E-state index in [0.29, 0.717) is 5.16 Å². The lowest BCUT2D eigenvalue weighted by Crippen LogP contribution is -2.27. The van der Waals surface area contributed by atoms with Crippen molar-refractivity contribution >= 4 is 23.4 Å². The van der Waals surface area contributed by atoms with Gasteiger partial charge in [0.25, 0.3) is 0 Å². The minimum Gasteiger partial charge on any atom is -0.481 e. The minimum atomic E-state index is -0.847. The molecule has 3 rings (SSSR count). The average Bonchev–Trinajstić information content (AvgIpc) is 2.88. The third-order valence-electron chi connectivity index (χ3n) is 3.18. The van der Waals surface area contributed by atoms with Crippen LogP contribution in [0.5, 0.6) is 0 Å². The molecule has 1 atom stereocenters. The molecule has 0 aliphatic carbocycles. The molecular formula is C14H14N4O2S. The SMILES string of the molecule is CCc1nnc2n1N=C(c1ccccc1)C(CC(=O)O)S2. The number of hydrogen-bond donors (Lipinski definition) is 1. The van der Waals surface area contributed by atoms with Crippen LogP contribution in [0.2, 0.25) is 0 Å². The summed E-state index contributed by atoms with van der Waals surface area (Å²) in [4.78, 5) is 11.1. The first-order chi connectivity index (χ1) is 10.2. The summed E-state index contributed by atoms with van der Waals surface area (Å²) >= 11 is 1.40. The number of aryl methyl sites for hydroxylation is 1. The Morgan fingerprint density at radius 2 is 2.10 bits per heavy atom. The number of fused-ring (bicyclic) bond motifs is 1. The highest BCUT2D eigenvalue weighted by Crippen LogP contribution is 2.32. The molecule has 2 aromatic rings. The lowest BCUT2D eigenvalue weighted by atomic mass is 10.1. The highest BCUT2D eigenvalue weighted by molar-refractivity contribution is 8.00. The topological polar surface area (TPSA) is 80.4 Å². The summed E-state index contributed by atoms with van der Waals surface area (Å²) in [7, 11) is 0. The van der Waals surface area contributed by atoms with Crippen molar-refractivity contribution in [1.82, 2.24) is 14.9 Å². The van der Waals surface area contributed by atoms with Gasteiger partial charge in [0.1, 0.15) is 0 Å². The molecule has 0 amide bonds. The van der Waals surface area contributed by atoms with E-state index in [1.54, 1.807) is 4.68 Å². The van der Waals surface area contributed by atoms with Crippen molar-refractivity contribution in [2.45, 2.75) is 30.2 Å². The van der Waals surface area contributed by atoms with Gasteiger partial charge in [0.05, 0.1) is 17.4 Å². The minimum absolute atomic E-state index is 0.00666. The van der Waals surface area contributed by atoms with Gasteiger partial charge in [-0.25, -0.2) is 0 Å². The normalized spacial score (nSPS) is 17.2. The van der Waals surface area contributed by atoms with Crippen LogP contribution in [0.1, 0.15) is 24.7 Å². The zero-order valence-electron chi connectivity index (χ0n) is 11.4. The van der Waals surface area contributed by atoms with Crippen molar-refractivity contribution in [3.63, 3.8) is 0 Å². The van der Waals surface area contributed by atoms with E-state index < -0.39 is 5.97 Å². The molecule has 0 radical (unpaired) electrons. The van der Waals surface area contributed by atoms with Crippen LogP contribution in [0.25, 0.3) is 0 Å². The van der Waals surface area contributed by atoms with Crippen molar-refractivity contribution in [2.75, 3.05) is 0 Å². The fourth-order valence-electron chi connectivity index (χ4n) is 2.19. The Balaban J connectivity index is 2.07. The average molecular weight is 302 g/mol. The summed E-state index contributed by atoms with van der Waals surface area (Å²) in [5, 5.41) is 22.3. The quantitative estimate of drug-likeness (QED) is 0.935. The van der Waals surface area contributed by atoms with Gasteiger partial charge in [-0.1, -0.05) is 49.0 Å². The van der Waals surface area contributed by atoms with Gasteiger partial charge >= 0.3 is 5.97 Å². The highest BCUT2D eigenvalue weighted by Gasteiger charge is 2.30. The maximum Gasteiger partial charge on any atom is 0.304 e. The van der Waals surface area contributed by atoms with Gasteiger partial charge in [-0.2, -0.15) is 9.78 Å². The van der Waals surface area contributed by atoms with E-state index in [1.165, 1.54) is 11.8 Å². The predicted octanol–water partition coefficient (Wildman–Crippen LogP) is 2.04. The van der Waals surface area contributed by atoms with Gasteiger partial charge in [-0.3, -0.25) is 4.79 Å². The molecule has 7 heteroatoms. The van der Waals surface area contributed by atoms with Crippen LogP contribution in [0.4, 0.5) is 0 Å². The molecule has 0 spiro atoms. The van der Waals surface area contributed by atoms with E-state index in [2.05, 4.69) is 15.3 Å². The molecule has 0 saturated heterocycles. The Kier molecular flexibility index (Phi) is 3.74. The molecule has 6 nitrogen and oxygen atoms in total. The second-order valence-electron chi connectivity index (χ2n) is 4.62. The summed E-state index contributed by atoms with van der Waals surface area (Å²) in [6.07, 6.45) is 0.732. The summed E-state index contributed by atoms with van der Waals surface area (Å²) in [5.41, 5.74) is 1.68. The number of benzene rings is 1. The van der Waals surface area contributed by atoms with Gasteiger partial charge < -0.3 is 5.11 Å². The van der Waals surface area contributed by atoms with Crippen LogP contribution >= 0.6 is 11.8 Å². The molecule has 1 aliphatic heterocycles. The lowest BCUT2D eigenvalue weighted by Gasteiger charge is -2.21. The van der Waals surface area contributed by atoms with Gasteiger partial charge in [0.2, 0.25) is 5.16 Å². The van der Waals surface area contributed by atoms with Gasteiger partial charge in [-0.05, 0) is 5.56 Å². The van der Waals surface area contributed by atoms with Crippen LogP contribution < -0.4 is 0 Å². The summed E-state index contributed by atoms with van der Waals surface area (Å²) in [5.74, 6) is -0.0699. The zero-order valence-corrected chi connectivity index (χ0v) is 12.2. The van der Waals surface area contributed by atoms with Crippen molar-refractivity contribution < 1.29 is 9.90 Å². The molecule has 1 aromatic heterocycles. The Morgan fingerprint density at radius 3 is 2.76 bits per heavy atom. The van der Waals surface area contributed by atoms with Crippen LogP contribution in [0, 0.1) is 0 Å². The lowest BCUT2D eigenvalue weighted by molar-refractivity contribution is -0.136. The molecule has 21 heavy (non-hydrogen) atoms. The molecule has 2 heterocycles. The number of carboxylic acid groups (broad SMARTS) is 1. The largest absolute Gasteiger partial charge is 0.481 e. The van der Waals surface area contributed by atoms with Gasteiger partial charge in [0.15, 0.2) is 5.82 Å². The standard InChI is InChI=1S/C14H14N4O2S/c1-2-11-15-16-14-18(11)17-13(9-6-4-3-5-7-9)10(21-14)8-12(19)20/h3-7,10H,2,8H2,1H3,(H,19,20). The molecule has 1 N–H and O–H groups in total. The number of aromatic nitrogens is 3. The fourth-order valence-corrected chi connectivity index (χ4v) is 3.30. The third-order valence-corrected chi connectivity index (χ3v) is 4.32. The summed E-state index contributed by atoms with van der Waals surface area (Å²) in [6, 6.07) is 9.64. The van der Waals surface area contributed by atoms with E-state index >= 15 is 0 Å². The van der Waals surface area contributed by atoms with Gasteiger partial charge in [-0.15, -0.1) is 10.2 Å². The van der Waals surface area contributed by atoms with E-state index in [-0.39, 0.29) is 11.7 Å². The monoisotopic (exact) mass is 302 g/mol. The van der Waals surface area contributed by atoms with Crippen LogP contribution in [0.15, 0.2) is 40.6 Å². The maximum atomic E-state index is 11.1. The summed E-state index contributed by atoms with van der Waals surface area (Å²) in [6.45, 7) is 1.99. The predicted molar refractivity (Wildman–Crippen MR) is 79.7 cm³/mol. The number of rotatable bonds is 4.